The predicted octanol–water partition coefficient (Wildman–Crippen LogP) is 3.31. The number of carbonyl (C=O) groups excluding carboxylic acids is 1. The van der Waals surface area contributed by atoms with Crippen molar-refractivity contribution >= 4 is 28.9 Å². The van der Waals surface area contributed by atoms with E-state index in [2.05, 4.69) is 12.2 Å². The number of halogens is 1. The molecule has 0 saturated heterocycles. The number of carbonyl (C=O) groups is 1. The van der Waals surface area contributed by atoms with Crippen molar-refractivity contribution in [3.05, 3.63) is 22.7 Å². The van der Waals surface area contributed by atoms with Crippen LogP contribution in [-0.2, 0) is 4.74 Å². The van der Waals surface area contributed by atoms with Gasteiger partial charge in [0.25, 0.3) is 0 Å². The summed E-state index contributed by atoms with van der Waals surface area (Å²) in [7, 11) is 1.35. The van der Waals surface area contributed by atoms with Gasteiger partial charge in [0.15, 0.2) is 0 Å². The maximum absolute atomic E-state index is 11.8. The van der Waals surface area contributed by atoms with Crippen LogP contribution >= 0.6 is 11.6 Å². The van der Waals surface area contributed by atoms with Crippen LogP contribution in [0.5, 0.6) is 0 Å². The lowest BCUT2D eigenvalue weighted by Gasteiger charge is -2.13. The molecule has 2 atom stereocenters. The fourth-order valence-electron chi connectivity index (χ4n) is 2.34. The van der Waals surface area contributed by atoms with E-state index in [1.165, 1.54) is 20.0 Å². The zero-order valence-electron chi connectivity index (χ0n) is 11.2. The average molecular weight is 283 g/mol. The number of nitrogens with one attached hydrogen (secondary N) is 1. The molecular formula is C14H19ClN2O2. The minimum Gasteiger partial charge on any atom is -0.465 e. The predicted molar refractivity (Wildman–Crippen MR) is 77.6 cm³/mol. The maximum atomic E-state index is 11.8. The molecule has 0 aromatic heterocycles. The zero-order valence-corrected chi connectivity index (χ0v) is 12.0. The average Bonchev–Trinajstić information content (AvgIpc) is 3.10. The first-order valence-electron chi connectivity index (χ1n) is 6.50. The van der Waals surface area contributed by atoms with E-state index in [1.54, 1.807) is 12.1 Å². The van der Waals surface area contributed by atoms with Gasteiger partial charge in [-0.3, -0.25) is 0 Å². The van der Waals surface area contributed by atoms with E-state index in [1.807, 2.05) is 0 Å². The quantitative estimate of drug-likeness (QED) is 0.642. The first kappa shape index (κ1) is 14.0. The Balaban J connectivity index is 2.21. The zero-order chi connectivity index (χ0) is 14.0. The summed E-state index contributed by atoms with van der Waals surface area (Å²) < 4.78 is 4.77. The molecule has 1 saturated carbocycles. The normalized spacial score (nSPS) is 21.0. The molecule has 0 spiro atoms. The highest BCUT2D eigenvalue weighted by molar-refractivity contribution is 6.34. The van der Waals surface area contributed by atoms with E-state index >= 15 is 0 Å². The van der Waals surface area contributed by atoms with Gasteiger partial charge in [0.05, 0.1) is 23.4 Å². The summed E-state index contributed by atoms with van der Waals surface area (Å²) in [6.45, 7) is 2.17. The third-order valence-corrected chi connectivity index (χ3v) is 3.73. The lowest BCUT2D eigenvalue weighted by molar-refractivity contribution is 0.0602. The second-order valence-corrected chi connectivity index (χ2v) is 5.36. The van der Waals surface area contributed by atoms with Crippen LogP contribution in [0.2, 0.25) is 5.02 Å². The summed E-state index contributed by atoms with van der Waals surface area (Å²) in [5.41, 5.74) is 7.21. The van der Waals surface area contributed by atoms with Crippen LogP contribution in [0.3, 0.4) is 0 Å². The Bertz CT molecular complexity index is 491. The molecule has 19 heavy (non-hydrogen) atoms. The summed E-state index contributed by atoms with van der Waals surface area (Å²) in [5.74, 6) is 0.244. The molecule has 0 aliphatic heterocycles. The van der Waals surface area contributed by atoms with Gasteiger partial charge in [-0.25, -0.2) is 4.79 Å². The standard InChI is InChI=1S/C14H19ClN2O2/c1-3-4-8-5-12(8)17-13-10(14(18)19-2)6-9(16)7-11(13)15/h6-8,12,17H,3-5,16H2,1-2H3. The number of hydrogen-bond acceptors (Lipinski definition) is 4. The number of ether oxygens (including phenoxy) is 1. The summed E-state index contributed by atoms with van der Waals surface area (Å²) in [6, 6.07) is 3.63. The van der Waals surface area contributed by atoms with Gasteiger partial charge < -0.3 is 15.8 Å². The monoisotopic (exact) mass is 282 g/mol. The van der Waals surface area contributed by atoms with Gasteiger partial charge in [0.1, 0.15) is 0 Å². The molecule has 0 radical (unpaired) electrons. The molecular weight excluding hydrogens is 264 g/mol. The Hall–Kier alpha value is -1.42. The highest BCUT2D eigenvalue weighted by Crippen LogP contribution is 2.40. The van der Waals surface area contributed by atoms with E-state index in [0.717, 1.165) is 6.42 Å². The first-order valence-corrected chi connectivity index (χ1v) is 6.88. The molecule has 0 heterocycles. The van der Waals surface area contributed by atoms with E-state index in [4.69, 9.17) is 22.1 Å². The molecule has 0 bridgehead atoms. The third-order valence-electron chi connectivity index (χ3n) is 3.43. The molecule has 3 N–H and O–H groups in total. The molecule has 2 unspecified atom stereocenters. The van der Waals surface area contributed by atoms with E-state index in [-0.39, 0.29) is 0 Å². The van der Waals surface area contributed by atoms with Crippen molar-refractivity contribution in [2.24, 2.45) is 5.92 Å². The molecule has 1 fully saturated rings. The van der Waals surface area contributed by atoms with Gasteiger partial charge in [-0.15, -0.1) is 0 Å². The summed E-state index contributed by atoms with van der Waals surface area (Å²) in [5, 5.41) is 3.80. The number of nitrogen functional groups attached to an aromatic ring is 1. The third kappa shape index (κ3) is 3.13. The van der Waals surface area contributed by atoms with Crippen LogP contribution in [0.1, 0.15) is 36.5 Å². The summed E-state index contributed by atoms with van der Waals surface area (Å²) in [4.78, 5) is 11.8. The van der Waals surface area contributed by atoms with Crippen molar-refractivity contribution < 1.29 is 9.53 Å². The van der Waals surface area contributed by atoms with Crippen molar-refractivity contribution in [1.82, 2.24) is 0 Å². The molecule has 5 heteroatoms. The van der Waals surface area contributed by atoms with Crippen LogP contribution in [-0.4, -0.2) is 19.1 Å². The Morgan fingerprint density at radius 1 is 1.58 bits per heavy atom. The molecule has 1 aromatic carbocycles. The van der Waals surface area contributed by atoms with Crippen LogP contribution in [0.15, 0.2) is 12.1 Å². The minimum atomic E-state index is -0.426. The SMILES string of the molecule is CCCC1CC1Nc1c(Cl)cc(N)cc1C(=O)OC. The molecule has 1 aromatic rings. The van der Waals surface area contributed by atoms with Gasteiger partial charge in [-0.05, 0) is 30.9 Å². The highest BCUT2D eigenvalue weighted by Gasteiger charge is 2.37. The highest BCUT2D eigenvalue weighted by atomic mass is 35.5. The lowest BCUT2D eigenvalue weighted by atomic mass is 10.1. The number of benzene rings is 1. The van der Waals surface area contributed by atoms with E-state index in [9.17, 15) is 4.79 Å². The number of anilines is 2. The number of rotatable bonds is 5. The molecule has 2 rings (SSSR count). The number of nitrogens with two attached hydrogens (primary N) is 1. The summed E-state index contributed by atoms with van der Waals surface area (Å²) >= 11 is 6.18. The Kier molecular flexibility index (Phi) is 4.20. The van der Waals surface area contributed by atoms with Crippen LogP contribution in [0, 0.1) is 5.92 Å². The summed E-state index contributed by atoms with van der Waals surface area (Å²) in [6.07, 6.45) is 3.48. The van der Waals surface area contributed by atoms with Crippen molar-refractivity contribution in [2.75, 3.05) is 18.2 Å². The van der Waals surface area contributed by atoms with Crippen LogP contribution in [0.25, 0.3) is 0 Å². The molecule has 1 aliphatic carbocycles. The number of methoxy groups -OCH3 is 1. The van der Waals surface area contributed by atoms with Crippen molar-refractivity contribution in [3.8, 4) is 0 Å². The van der Waals surface area contributed by atoms with Gasteiger partial charge >= 0.3 is 5.97 Å². The van der Waals surface area contributed by atoms with Crippen molar-refractivity contribution in [3.63, 3.8) is 0 Å². The Labute approximate surface area is 118 Å². The van der Waals surface area contributed by atoms with E-state index in [0.29, 0.717) is 33.9 Å². The van der Waals surface area contributed by atoms with E-state index < -0.39 is 5.97 Å². The maximum Gasteiger partial charge on any atom is 0.340 e. The van der Waals surface area contributed by atoms with Gasteiger partial charge in [-0.1, -0.05) is 24.9 Å². The molecule has 1 aliphatic rings. The number of hydrogen-bond donors (Lipinski definition) is 2. The smallest absolute Gasteiger partial charge is 0.340 e. The van der Waals surface area contributed by atoms with Crippen molar-refractivity contribution in [2.45, 2.75) is 32.2 Å². The second-order valence-electron chi connectivity index (χ2n) is 4.95. The lowest BCUT2D eigenvalue weighted by Crippen LogP contribution is -2.12. The second kappa shape index (κ2) is 5.70. The topological polar surface area (TPSA) is 64.3 Å². The van der Waals surface area contributed by atoms with Gasteiger partial charge in [-0.2, -0.15) is 0 Å². The minimum absolute atomic E-state index is 0.393. The largest absolute Gasteiger partial charge is 0.465 e. The fraction of sp³-hybridized carbons (Fsp3) is 0.500. The first-order chi connectivity index (χ1) is 9.06. The van der Waals surface area contributed by atoms with Crippen molar-refractivity contribution in [1.29, 1.82) is 0 Å². The number of esters is 1. The van der Waals surface area contributed by atoms with Crippen LogP contribution < -0.4 is 11.1 Å². The van der Waals surface area contributed by atoms with Crippen LogP contribution in [0.4, 0.5) is 11.4 Å². The molecule has 0 amide bonds. The molecule has 104 valence electrons. The fourth-order valence-corrected chi connectivity index (χ4v) is 2.63. The Morgan fingerprint density at radius 2 is 2.32 bits per heavy atom. The molecule has 4 nitrogen and oxygen atoms in total. The van der Waals surface area contributed by atoms with Gasteiger partial charge in [0.2, 0.25) is 0 Å². The Morgan fingerprint density at radius 3 is 2.95 bits per heavy atom. The van der Waals surface area contributed by atoms with Gasteiger partial charge in [0, 0.05) is 11.7 Å².